The van der Waals surface area contributed by atoms with Crippen molar-refractivity contribution in [3.05, 3.63) is 65.2 Å². The second kappa shape index (κ2) is 9.19. The van der Waals surface area contributed by atoms with Gasteiger partial charge in [0.1, 0.15) is 6.34 Å². The van der Waals surface area contributed by atoms with Crippen molar-refractivity contribution >= 4 is 23.9 Å². The maximum Gasteiger partial charge on any atom is 0.303 e. The molecule has 7 nitrogen and oxygen atoms in total. The predicted molar refractivity (Wildman–Crippen MR) is 95.5 cm³/mol. The first kappa shape index (κ1) is 18.2. The third kappa shape index (κ3) is 6.08. The highest BCUT2D eigenvalue weighted by molar-refractivity contribution is 5.95. The summed E-state index contributed by atoms with van der Waals surface area (Å²) < 4.78 is 0. The lowest BCUT2D eigenvalue weighted by Crippen LogP contribution is -2.22. The standard InChI is InChI=1S/C18H20N4O3/c19-22-12-21-16-6-2-5-15(10-16)18(25)20-11-14-4-1-3-13(9-14)7-8-17(23)24/h1-6,9-10,12H,7-8,11,19H2,(H,20,25)(H,21,22)(H,23,24). The fourth-order valence-electron chi connectivity index (χ4n) is 2.27. The number of nitrogens with zero attached hydrogens (tertiary/aromatic N) is 1. The number of amides is 1. The summed E-state index contributed by atoms with van der Waals surface area (Å²) in [7, 11) is 0. The van der Waals surface area contributed by atoms with Gasteiger partial charge in [-0.05, 0) is 35.7 Å². The van der Waals surface area contributed by atoms with Gasteiger partial charge in [-0.3, -0.25) is 9.59 Å². The molecule has 7 heteroatoms. The second-order valence-corrected chi connectivity index (χ2v) is 5.37. The molecule has 0 radical (unpaired) electrons. The van der Waals surface area contributed by atoms with Crippen LogP contribution in [0.25, 0.3) is 0 Å². The van der Waals surface area contributed by atoms with Crippen molar-refractivity contribution in [3.63, 3.8) is 0 Å². The molecule has 2 aromatic carbocycles. The highest BCUT2D eigenvalue weighted by atomic mass is 16.4. The molecule has 25 heavy (non-hydrogen) atoms. The molecule has 0 spiro atoms. The van der Waals surface area contributed by atoms with E-state index >= 15 is 0 Å². The summed E-state index contributed by atoms with van der Waals surface area (Å²) in [4.78, 5) is 27.0. The molecule has 0 aromatic heterocycles. The largest absolute Gasteiger partial charge is 0.481 e. The fourth-order valence-corrected chi connectivity index (χ4v) is 2.27. The van der Waals surface area contributed by atoms with Crippen molar-refractivity contribution in [2.24, 2.45) is 10.8 Å². The maximum absolute atomic E-state index is 12.3. The summed E-state index contributed by atoms with van der Waals surface area (Å²) in [5.74, 6) is 4.08. The molecule has 130 valence electrons. The molecule has 0 aliphatic carbocycles. The minimum absolute atomic E-state index is 0.0841. The molecule has 2 aromatic rings. The number of hydrogen-bond acceptors (Lipinski definition) is 4. The number of aliphatic carboxylic acids is 1. The number of carboxylic acids is 1. The van der Waals surface area contributed by atoms with Gasteiger partial charge in [0.2, 0.25) is 0 Å². The number of carbonyl (C=O) groups is 2. The monoisotopic (exact) mass is 340 g/mol. The molecule has 0 heterocycles. The molecule has 0 aliphatic rings. The number of hydrazine groups is 1. The zero-order chi connectivity index (χ0) is 18.1. The zero-order valence-electron chi connectivity index (χ0n) is 13.6. The van der Waals surface area contributed by atoms with Gasteiger partial charge in [0.25, 0.3) is 5.91 Å². The first-order chi connectivity index (χ1) is 12.1. The molecular formula is C18H20N4O3. The normalized spacial score (nSPS) is 10.6. The van der Waals surface area contributed by atoms with Gasteiger partial charge in [0.15, 0.2) is 0 Å². The molecular weight excluding hydrogens is 320 g/mol. The number of nitrogens with one attached hydrogen (secondary N) is 2. The Morgan fingerprint density at radius 1 is 1.12 bits per heavy atom. The topological polar surface area (TPSA) is 117 Å². The molecule has 0 saturated carbocycles. The van der Waals surface area contributed by atoms with E-state index in [1.807, 2.05) is 24.3 Å². The van der Waals surface area contributed by atoms with Crippen LogP contribution in [0.2, 0.25) is 0 Å². The average molecular weight is 340 g/mol. The van der Waals surface area contributed by atoms with Crippen LogP contribution in [0.1, 0.15) is 27.9 Å². The lowest BCUT2D eigenvalue weighted by atomic mass is 10.1. The van der Waals surface area contributed by atoms with Crippen LogP contribution in [0.3, 0.4) is 0 Å². The quantitative estimate of drug-likeness (QED) is 0.253. The zero-order valence-corrected chi connectivity index (χ0v) is 13.6. The fraction of sp³-hybridized carbons (Fsp3) is 0.167. The minimum Gasteiger partial charge on any atom is -0.481 e. The van der Waals surface area contributed by atoms with E-state index in [4.69, 9.17) is 10.9 Å². The van der Waals surface area contributed by atoms with Crippen LogP contribution in [-0.4, -0.2) is 23.3 Å². The molecule has 0 aliphatic heterocycles. The maximum atomic E-state index is 12.3. The van der Waals surface area contributed by atoms with Crippen LogP contribution >= 0.6 is 0 Å². The molecule has 5 N–H and O–H groups in total. The number of carboxylic acid groups (broad SMARTS) is 1. The molecule has 1 amide bonds. The number of benzene rings is 2. The Kier molecular flexibility index (Phi) is 6.67. The number of aliphatic imine (C=N–C) groups is 1. The van der Waals surface area contributed by atoms with Crippen molar-refractivity contribution in [1.29, 1.82) is 0 Å². The van der Waals surface area contributed by atoms with E-state index in [0.717, 1.165) is 11.1 Å². The van der Waals surface area contributed by atoms with E-state index < -0.39 is 5.97 Å². The number of rotatable bonds is 8. The van der Waals surface area contributed by atoms with Gasteiger partial charge in [-0.15, -0.1) is 0 Å². The van der Waals surface area contributed by atoms with Gasteiger partial charge in [0, 0.05) is 18.5 Å². The van der Waals surface area contributed by atoms with Crippen LogP contribution in [0, 0.1) is 0 Å². The lowest BCUT2D eigenvalue weighted by molar-refractivity contribution is -0.136. The van der Waals surface area contributed by atoms with Crippen LogP contribution < -0.4 is 16.6 Å². The number of aryl methyl sites for hydroxylation is 1. The molecule has 2 rings (SSSR count). The van der Waals surface area contributed by atoms with Crippen molar-refractivity contribution in [1.82, 2.24) is 10.7 Å². The van der Waals surface area contributed by atoms with Crippen molar-refractivity contribution in [3.8, 4) is 0 Å². The van der Waals surface area contributed by atoms with Crippen LogP contribution in [-0.2, 0) is 17.8 Å². The number of carbonyl (C=O) groups excluding carboxylic acids is 1. The Morgan fingerprint density at radius 2 is 1.88 bits per heavy atom. The van der Waals surface area contributed by atoms with E-state index in [0.29, 0.717) is 24.2 Å². The van der Waals surface area contributed by atoms with Crippen LogP contribution in [0.5, 0.6) is 0 Å². The highest BCUT2D eigenvalue weighted by Gasteiger charge is 2.06. The second-order valence-electron chi connectivity index (χ2n) is 5.37. The minimum atomic E-state index is -0.828. The Morgan fingerprint density at radius 3 is 2.64 bits per heavy atom. The summed E-state index contributed by atoms with van der Waals surface area (Å²) in [6.07, 6.45) is 1.88. The van der Waals surface area contributed by atoms with E-state index in [1.54, 1.807) is 24.3 Å². The Hall–Kier alpha value is -3.19. The van der Waals surface area contributed by atoms with Gasteiger partial charge in [0.05, 0.1) is 5.69 Å². The van der Waals surface area contributed by atoms with E-state index in [2.05, 4.69) is 15.7 Å². The first-order valence-corrected chi connectivity index (χ1v) is 7.75. The summed E-state index contributed by atoms with van der Waals surface area (Å²) in [5.41, 5.74) is 5.26. The van der Waals surface area contributed by atoms with Gasteiger partial charge in [-0.1, -0.05) is 30.3 Å². The van der Waals surface area contributed by atoms with Gasteiger partial charge in [-0.25, -0.2) is 10.8 Å². The summed E-state index contributed by atoms with van der Waals surface area (Å²) >= 11 is 0. The van der Waals surface area contributed by atoms with Crippen LogP contribution in [0.15, 0.2) is 53.5 Å². The molecule has 0 bridgehead atoms. The van der Waals surface area contributed by atoms with E-state index in [-0.39, 0.29) is 12.3 Å². The van der Waals surface area contributed by atoms with Gasteiger partial charge >= 0.3 is 5.97 Å². The number of nitrogens with two attached hydrogens (primary N) is 1. The number of hydrogen-bond donors (Lipinski definition) is 4. The Bertz CT molecular complexity index is 774. The molecule has 0 atom stereocenters. The summed E-state index contributed by atoms with van der Waals surface area (Å²) in [5, 5.41) is 11.6. The van der Waals surface area contributed by atoms with Crippen molar-refractivity contribution in [2.45, 2.75) is 19.4 Å². The Balaban J connectivity index is 1.96. The van der Waals surface area contributed by atoms with E-state index in [9.17, 15) is 9.59 Å². The lowest BCUT2D eigenvalue weighted by Gasteiger charge is -2.08. The third-order valence-corrected chi connectivity index (χ3v) is 3.47. The average Bonchev–Trinajstić information content (AvgIpc) is 2.63. The molecule has 0 fully saturated rings. The SMILES string of the molecule is NNC=Nc1cccc(C(=O)NCc2cccc(CCC(=O)O)c2)c1. The van der Waals surface area contributed by atoms with Crippen LogP contribution in [0.4, 0.5) is 5.69 Å². The summed E-state index contributed by atoms with van der Waals surface area (Å²) in [6.45, 7) is 0.359. The Labute approximate surface area is 145 Å². The first-order valence-electron chi connectivity index (χ1n) is 7.75. The van der Waals surface area contributed by atoms with Crippen molar-refractivity contribution in [2.75, 3.05) is 0 Å². The van der Waals surface area contributed by atoms with Gasteiger partial charge in [-0.2, -0.15) is 0 Å². The van der Waals surface area contributed by atoms with Crippen molar-refractivity contribution < 1.29 is 14.7 Å². The highest BCUT2D eigenvalue weighted by Crippen LogP contribution is 2.14. The molecule has 0 unspecified atom stereocenters. The smallest absolute Gasteiger partial charge is 0.303 e. The summed E-state index contributed by atoms with van der Waals surface area (Å²) in [6, 6.07) is 14.4. The van der Waals surface area contributed by atoms with E-state index in [1.165, 1.54) is 6.34 Å². The predicted octanol–water partition coefficient (Wildman–Crippen LogP) is 1.76. The molecule has 0 saturated heterocycles. The third-order valence-electron chi connectivity index (χ3n) is 3.47. The van der Waals surface area contributed by atoms with Gasteiger partial charge < -0.3 is 15.8 Å².